The Balaban J connectivity index is 2.62. The van der Waals surface area contributed by atoms with E-state index < -0.39 is 0 Å². The maximum absolute atomic E-state index is 6.04. The van der Waals surface area contributed by atoms with Gasteiger partial charge in [-0.05, 0) is 24.3 Å². The van der Waals surface area contributed by atoms with Gasteiger partial charge in [0.15, 0.2) is 0 Å². The van der Waals surface area contributed by atoms with Crippen LogP contribution < -0.4 is 5.73 Å². The van der Waals surface area contributed by atoms with Crippen LogP contribution in [-0.2, 0) is 0 Å². The molecule has 0 aliphatic rings. The monoisotopic (exact) mass is 277 g/mol. The van der Waals surface area contributed by atoms with Gasteiger partial charge in [0.2, 0.25) is 0 Å². The van der Waals surface area contributed by atoms with Crippen LogP contribution in [0.2, 0.25) is 13.7 Å². The Morgan fingerprint density at radius 2 is 1.73 bits per heavy atom. The number of hydrogen-bond acceptors (Lipinski definition) is 2. The molecule has 1 aromatic heterocycles. The van der Waals surface area contributed by atoms with Gasteiger partial charge in [-0.2, -0.15) is 0 Å². The molecule has 0 unspecified atom stereocenters. The third-order valence-electron chi connectivity index (χ3n) is 1.96. The topological polar surface area (TPSA) is 26.0 Å². The maximum atomic E-state index is 6.04. The van der Waals surface area contributed by atoms with E-state index in [-0.39, 0.29) is 0 Å². The Bertz CT molecular complexity index is 507. The summed E-state index contributed by atoms with van der Waals surface area (Å²) < 4.78 is 1.25. The van der Waals surface area contributed by atoms with Crippen molar-refractivity contribution in [3.63, 3.8) is 0 Å². The minimum absolute atomic E-state index is 0.619. The number of anilines is 1. The fourth-order valence-electron chi connectivity index (χ4n) is 1.29. The van der Waals surface area contributed by atoms with Gasteiger partial charge in [0.25, 0.3) is 0 Å². The van der Waals surface area contributed by atoms with Crippen LogP contribution in [0, 0.1) is 0 Å². The van der Waals surface area contributed by atoms with Crippen molar-refractivity contribution in [3.05, 3.63) is 38.0 Å². The fraction of sp³-hybridized carbons (Fsp3) is 0. The molecule has 2 rings (SSSR count). The van der Waals surface area contributed by atoms with Crippen molar-refractivity contribution >= 4 is 51.8 Å². The quantitative estimate of drug-likeness (QED) is 0.733. The summed E-state index contributed by atoms with van der Waals surface area (Å²) in [5.74, 6) is 0. The zero-order valence-corrected chi connectivity index (χ0v) is 10.5. The smallest absolute Gasteiger partial charge is 0.102 e. The zero-order chi connectivity index (χ0) is 11.0. The number of hydrogen-bond donors (Lipinski definition) is 1. The number of halogens is 3. The van der Waals surface area contributed by atoms with Crippen LogP contribution >= 0.6 is 46.1 Å². The molecule has 0 fully saturated rings. The summed E-state index contributed by atoms with van der Waals surface area (Å²) >= 11 is 19.1. The molecule has 0 bridgehead atoms. The van der Waals surface area contributed by atoms with Crippen LogP contribution in [0.4, 0.5) is 5.69 Å². The van der Waals surface area contributed by atoms with E-state index in [1.165, 1.54) is 11.3 Å². The molecular weight excluding hydrogens is 273 g/mol. The summed E-state index contributed by atoms with van der Waals surface area (Å²) in [6.45, 7) is 0. The molecule has 1 aromatic carbocycles. The molecule has 1 nitrogen and oxygen atoms in total. The number of rotatable bonds is 1. The summed E-state index contributed by atoms with van der Waals surface area (Å²) in [7, 11) is 0. The molecule has 1 heterocycles. The van der Waals surface area contributed by atoms with Gasteiger partial charge in [0.1, 0.15) is 4.34 Å². The van der Waals surface area contributed by atoms with Gasteiger partial charge < -0.3 is 5.73 Å². The van der Waals surface area contributed by atoms with Crippen molar-refractivity contribution in [1.29, 1.82) is 0 Å². The summed E-state index contributed by atoms with van der Waals surface area (Å²) in [4.78, 5) is 0. The average molecular weight is 279 g/mol. The van der Waals surface area contributed by atoms with E-state index >= 15 is 0 Å². The minimum Gasteiger partial charge on any atom is -0.398 e. The molecule has 0 aliphatic carbocycles. The van der Waals surface area contributed by atoms with E-state index in [1.807, 2.05) is 0 Å². The van der Waals surface area contributed by atoms with Crippen LogP contribution in [-0.4, -0.2) is 0 Å². The van der Waals surface area contributed by atoms with Crippen LogP contribution in [0.1, 0.15) is 0 Å². The number of nitrogen functional groups attached to an aromatic ring is 1. The van der Waals surface area contributed by atoms with Crippen molar-refractivity contribution in [2.24, 2.45) is 0 Å². The molecule has 0 aliphatic heterocycles. The average Bonchev–Trinajstić information content (AvgIpc) is 2.50. The highest BCUT2D eigenvalue weighted by molar-refractivity contribution is 7.20. The molecule has 2 aromatic rings. The highest BCUT2D eigenvalue weighted by Crippen LogP contribution is 2.40. The lowest BCUT2D eigenvalue weighted by Crippen LogP contribution is -1.88. The Morgan fingerprint density at radius 1 is 1.00 bits per heavy atom. The third-order valence-corrected chi connectivity index (χ3v) is 3.68. The Kier molecular flexibility index (Phi) is 3.12. The number of benzene rings is 1. The van der Waals surface area contributed by atoms with E-state index in [2.05, 4.69) is 0 Å². The second kappa shape index (κ2) is 4.22. The second-order valence-electron chi connectivity index (χ2n) is 2.97. The van der Waals surface area contributed by atoms with Gasteiger partial charge in [0.05, 0.1) is 4.34 Å². The lowest BCUT2D eigenvalue weighted by Gasteiger charge is -2.04. The van der Waals surface area contributed by atoms with Crippen molar-refractivity contribution < 1.29 is 0 Å². The molecular formula is C10H6Cl3NS. The summed E-state index contributed by atoms with van der Waals surface area (Å²) in [6.07, 6.45) is 0. The maximum Gasteiger partial charge on any atom is 0.102 e. The van der Waals surface area contributed by atoms with Crippen LogP contribution in [0.15, 0.2) is 24.3 Å². The molecule has 0 atom stereocenters. The van der Waals surface area contributed by atoms with E-state index in [9.17, 15) is 0 Å². The van der Waals surface area contributed by atoms with Crippen molar-refractivity contribution in [3.8, 4) is 11.1 Å². The molecule has 0 spiro atoms. The highest BCUT2D eigenvalue weighted by Gasteiger charge is 2.11. The van der Waals surface area contributed by atoms with Crippen molar-refractivity contribution in [1.82, 2.24) is 0 Å². The Labute approximate surface area is 106 Å². The molecule has 15 heavy (non-hydrogen) atoms. The van der Waals surface area contributed by atoms with Gasteiger partial charge in [-0.15, -0.1) is 11.3 Å². The predicted molar refractivity (Wildman–Crippen MR) is 69.2 cm³/mol. The second-order valence-corrected chi connectivity index (χ2v) is 5.69. The van der Waals surface area contributed by atoms with E-state index in [1.54, 1.807) is 24.3 Å². The predicted octanol–water partition coefficient (Wildman–Crippen LogP) is 4.96. The van der Waals surface area contributed by atoms with Gasteiger partial charge in [-0.25, -0.2) is 0 Å². The SMILES string of the molecule is Nc1ccc(Cl)cc1-c1cc(Cl)sc1Cl. The first kappa shape index (κ1) is 11.1. The third kappa shape index (κ3) is 2.23. The Hall–Kier alpha value is -0.410. The normalized spacial score (nSPS) is 10.6. The zero-order valence-electron chi connectivity index (χ0n) is 7.43. The Morgan fingerprint density at radius 3 is 2.33 bits per heavy atom. The first-order valence-corrected chi connectivity index (χ1v) is 6.03. The van der Waals surface area contributed by atoms with E-state index in [4.69, 9.17) is 40.5 Å². The van der Waals surface area contributed by atoms with Gasteiger partial charge in [-0.3, -0.25) is 0 Å². The lowest BCUT2D eigenvalue weighted by molar-refractivity contribution is 1.65. The first-order chi connectivity index (χ1) is 7.08. The molecule has 0 radical (unpaired) electrons. The summed E-state index contributed by atoms with van der Waals surface area (Å²) in [5, 5.41) is 0.623. The number of thiophene rings is 1. The largest absolute Gasteiger partial charge is 0.398 e. The van der Waals surface area contributed by atoms with Crippen molar-refractivity contribution in [2.45, 2.75) is 0 Å². The van der Waals surface area contributed by atoms with Crippen LogP contribution in [0.5, 0.6) is 0 Å². The van der Waals surface area contributed by atoms with Gasteiger partial charge >= 0.3 is 0 Å². The van der Waals surface area contributed by atoms with Gasteiger partial charge in [0, 0.05) is 21.8 Å². The summed E-state index contributed by atoms with van der Waals surface area (Å²) in [5.41, 5.74) is 8.12. The molecule has 2 N–H and O–H groups in total. The fourth-order valence-corrected chi connectivity index (χ4v) is 2.95. The van der Waals surface area contributed by atoms with E-state index in [0.717, 1.165) is 11.1 Å². The van der Waals surface area contributed by atoms with Crippen molar-refractivity contribution in [2.75, 3.05) is 5.73 Å². The van der Waals surface area contributed by atoms with Crippen LogP contribution in [0.3, 0.4) is 0 Å². The minimum atomic E-state index is 0.619. The summed E-state index contributed by atoms with van der Waals surface area (Å²) in [6, 6.07) is 7.06. The number of nitrogens with two attached hydrogens (primary N) is 1. The first-order valence-electron chi connectivity index (χ1n) is 4.08. The van der Waals surface area contributed by atoms with Crippen LogP contribution in [0.25, 0.3) is 11.1 Å². The molecule has 5 heteroatoms. The van der Waals surface area contributed by atoms with E-state index in [0.29, 0.717) is 19.4 Å². The standard InChI is InChI=1S/C10H6Cl3NS/c11-5-1-2-8(14)6(3-5)7-4-9(12)15-10(7)13/h1-4H,14H2. The van der Waals surface area contributed by atoms with Gasteiger partial charge in [-0.1, -0.05) is 34.8 Å². The molecule has 78 valence electrons. The molecule has 0 saturated heterocycles. The molecule has 0 saturated carbocycles. The molecule has 0 amide bonds. The highest BCUT2D eigenvalue weighted by atomic mass is 35.5. The lowest BCUT2D eigenvalue weighted by atomic mass is 10.1.